The number of nitrogens with one attached hydrogen (secondary N) is 2. The van der Waals surface area contributed by atoms with E-state index in [9.17, 15) is 18.8 Å². The van der Waals surface area contributed by atoms with Gasteiger partial charge in [-0.15, -0.1) is 0 Å². The van der Waals surface area contributed by atoms with E-state index >= 15 is 0 Å². The molecule has 0 aliphatic rings. The molecule has 0 aromatic heterocycles. The molecule has 0 aliphatic carbocycles. The number of halogens is 1. The molecule has 1 unspecified atom stereocenters. The first-order valence-electron chi connectivity index (χ1n) is 14.2. The van der Waals surface area contributed by atoms with Gasteiger partial charge in [-0.1, -0.05) is 66.7 Å². The average molecular weight is 583 g/mol. The van der Waals surface area contributed by atoms with Crippen molar-refractivity contribution in [2.45, 2.75) is 25.3 Å². The highest BCUT2D eigenvalue weighted by molar-refractivity contribution is 6.12. The molecule has 0 aliphatic heterocycles. The predicted molar refractivity (Wildman–Crippen MR) is 164 cm³/mol. The highest BCUT2D eigenvalue weighted by Gasteiger charge is 2.22. The number of benzene rings is 4. The topological polar surface area (TPSA) is 93.7 Å². The van der Waals surface area contributed by atoms with Gasteiger partial charge in [0.05, 0.1) is 13.7 Å². The Morgan fingerprint density at radius 3 is 2.28 bits per heavy atom. The van der Waals surface area contributed by atoms with Gasteiger partial charge in [0, 0.05) is 41.8 Å². The molecule has 7 nitrogen and oxygen atoms in total. The molecule has 0 spiro atoms. The van der Waals surface area contributed by atoms with Gasteiger partial charge in [-0.25, -0.2) is 9.18 Å². The number of anilines is 1. The zero-order chi connectivity index (χ0) is 30.4. The van der Waals surface area contributed by atoms with Crippen LogP contribution in [0.2, 0.25) is 0 Å². The summed E-state index contributed by atoms with van der Waals surface area (Å²) in [4.78, 5) is 37.9. The van der Waals surface area contributed by atoms with Gasteiger partial charge < -0.3 is 20.1 Å². The number of carbonyl (C=O) groups is 3. The Morgan fingerprint density at radius 1 is 0.814 bits per heavy atom. The first kappa shape index (κ1) is 31.1. The molecule has 0 saturated carbocycles. The lowest BCUT2D eigenvalue weighted by Crippen LogP contribution is -2.33. The zero-order valence-corrected chi connectivity index (χ0v) is 24.1. The number of carbonyl (C=O) groups excluding carboxylic acids is 3. The standard InChI is InChI=1S/C35H35FN2O5/c1-42-35(41)32(38-31-14-6-5-13-30(31)34(40)26-9-3-2-4-10-26)23-25-15-17-29(18-16-25)43-22-8-20-37-21-19-33(39)27-11-7-12-28(36)24-27/h2-7,9-18,24,32,37-38H,8,19-23H2,1H3. The third-order valence-corrected chi connectivity index (χ3v) is 6.83. The second-order valence-electron chi connectivity index (χ2n) is 9.94. The largest absolute Gasteiger partial charge is 0.494 e. The second-order valence-corrected chi connectivity index (χ2v) is 9.94. The molecular weight excluding hydrogens is 547 g/mol. The van der Waals surface area contributed by atoms with E-state index in [1.165, 1.54) is 25.3 Å². The number of ether oxygens (including phenoxy) is 2. The van der Waals surface area contributed by atoms with Gasteiger partial charge in [0.25, 0.3) is 0 Å². The molecule has 4 aromatic carbocycles. The van der Waals surface area contributed by atoms with Crippen molar-refractivity contribution in [3.8, 4) is 5.75 Å². The summed E-state index contributed by atoms with van der Waals surface area (Å²) in [6.07, 6.45) is 1.38. The van der Waals surface area contributed by atoms with Crippen molar-refractivity contribution in [2.24, 2.45) is 0 Å². The van der Waals surface area contributed by atoms with E-state index in [1.807, 2.05) is 48.5 Å². The highest BCUT2D eigenvalue weighted by atomic mass is 19.1. The number of esters is 1. The van der Waals surface area contributed by atoms with Gasteiger partial charge in [-0.2, -0.15) is 0 Å². The van der Waals surface area contributed by atoms with E-state index in [1.54, 1.807) is 36.4 Å². The van der Waals surface area contributed by atoms with Crippen LogP contribution in [0.3, 0.4) is 0 Å². The van der Waals surface area contributed by atoms with Crippen molar-refractivity contribution in [1.29, 1.82) is 0 Å². The number of Topliss-reactive ketones (excluding diaryl/α,β-unsaturated/α-hetero) is 1. The van der Waals surface area contributed by atoms with E-state index in [0.29, 0.717) is 60.7 Å². The first-order valence-corrected chi connectivity index (χ1v) is 14.2. The molecule has 4 aromatic rings. The number of para-hydroxylation sites is 1. The van der Waals surface area contributed by atoms with Crippen LogP contribution in [0.1, 0.15) is 44.7 Å². The van der Waals surface area contributed by atoms with Crippen molar-refractivity contribution in [1.82, 2.24) is 5.32 Å². The summed E-state index contributed by atoms with van der Waals surface area (Å²) < 4.78 is 24.2. The minimum Gasteiger partial charge on any atom is -0.494 e. The molecule has 43 heavy (non-hydrogen) atoms. The van der Waals surface area contributed by atoms with Crippen molar-refractivity contribution >= 4 is 23.2 Å². The van der Waals surface area contributed by atoms with Gasteiger partial charge in [0.1, 0.15) is 17.6 Å². The Bertz CT molecular complexity index is 1510. The van der Waals surface area contributed by atoms with Crippen LogP contribution in [0.5, 0.6) is 5.75 Å². The monoisotopic (exact) mass is 582 g/mol. The van der Waals surface area contributed by atoms with Gasteiger partial charge in [-0.3, -0.25) is 9.59 Å². The van der Waals surface area contributed by atoms with Crippen LogP contribution in [0, 0.1) is 5.82 Å². The predicted octanol–water partition coefficient (Wildman–Crippen LogP) is 5.88. The molecular formula is C35H35FN2O5. The summed E-state index contributed by atoms with van der Waals surface area (Å²) in [5, 5.41) is 6.43. The smallest absolute Gasteiger partial charge is 0.328 e. The fraction of sp³-hybridized carbons (Fsp3) is 0.229. The first-order chi connectivity index (χ1) is 20.9. The molecule has 4 rings (SSSR count). The summed E-state index contributed by atoms with van der Waals surface area (Å²) in [6.45, 7) is 1.67. The summed E-state index contributed by atoms with van der Waals surface area (Å²) in [6, 6.07) is 28.6. The van der Waals surface area contributed by atoms with Crippen LogP contribution in [0.25, 0.3) is 0 Å². The van der Waals surface area contributed by atoms with E-state index < -0.39 is 17.8 Å². The Kier molecular flexibility index (Phi) is 11.6. The normalized spacial score (nSPS) is 11.4. The molecule has 8 heteroatoms. The number of hydrogen-bond donors (Lipinski definition) is 2. The van der Waals surface area contributed by atoms with Crippen molar-refractivity contribution in [2.75, 3.05) is 32.1 Å². The second kappa shape index (κ2) is 16.0. The van der Waals surface area contributed by atoms with Crippen molar-refractivity contribution in [3.63, 3.8) is 0 Å². The van der Waals surface area contributed by atoms with Gasteiger partial charge in [0.15, 0.2) is 11.6 Å². The Balaban J connectivity index is 1.24. The number of ketones is 2. The maximum atomic E-state index is 13.3. The SMILES string of the molecule is COC(=O)C(Cc1ccc(OCCCNCCC(=O)c2cccc(F)c2)cc1)Nc1ccccc1C(=O)c1ccccc1. The van der Waals surface area contributed by atoms with Crippen LogP contribution in [-0.4, -0.2) is 50.4 Å². The third-order valence-electron chi connectivity index (χ3n) is 6.83. The number of hydrogen-bond acceptors (Lipinski definition) is 7. The van der Waals surface area contributed by atoms with E-state index in [2.05, 4.69) is 10.6 Å². The summed E-state index contributed by atoms with van der Waals surface area (Å²) in [7, 11) is 1.34. The Morgan fingerprint density at radius 2 is 1.53 bits per heavy atom. The summed E-state index contributed by atoms with van der Waals surface area (Å²) in [5.74, 6) is -0.389. The van der Waals surface area contributed by atoms with Crippen LogP contribution < -0.4 is 15.4 Å². The molecule has 222 valence electrons. The Hall–Kier alpha value is -4.82. The van der Waals surface area contributed by atoms with Gasteiger partial charge >= 0.3 is 5.97 Å². The van der Waals surface area contributed by atoms with Gasteiger partial charge in [-0.05, 0) is 54.9 Å². The fourth-order valence-corrected chi connectivity index (χ4v) is 4.55. The maximum absolute atomic E-state index is 13.3. The lowest BCUT2D eigenvalue weighted by molar-refractivity contribution is -0.141. The van der Waals surface area contributed by atoms with E-state index in [0.717, 1.165) is 12.0 Å². The number of rotatable bonds is 16. The number of methoxy groups -OCH3 is 1. The lowest BCUT2D eigenvalue weighted by Gasteiger charge is -2.20. The van der Waals surface area contributed by atoms with Crippen molar-refractivity contribution in [3.05, 3.63) is 131 Å². The quantitative estimate of drug-likeness (QED) is 0.0968. The summed E-state index contributed by atoms with van der Waals surface area (Å²) >= 11 is 0. The minimum absolute atomic E-state index is 0.0992. The van der Waals surface area contributed by atoms with Crippen LogP contribution >= 0.6 is 0 Å². The molecule has 0 heterocycles. The molecule has 0 saturated heterocycles. The fourth-order valence-electron chi connectivity index (χ4n) is 4.55. The van der Waals surface area contributed by atoms with Crippen LogP contribution in [0.4, 0.5) is 10.1 Å². The molecule has 1 atom stereocenters. The maximum Gasteiger partial charge on any atom is 0.328 e. The third kappa shape index (κ3) is 9.34. The molecule has 2 N–H and O–H groups in total. The molecule has 0 fully saturated rings. The lowest BCUT2D eigenvalue weighted by atomic mass is 10.00. The van der Waals surface area contributed by atoms with Gasteiger partial charge in [0.2, 0.25) is 0 Å². The highest BCUT2D eigenvalue weighted by Crippen LogP contribution is 2.22. The Labute approximate surface area is 251 Å². The van der Waals surface area contributed by atoms with Crippen LogP contribution in [-0.2, 0) is 16.0 Å². The van der Waals surface area contributed by atoms with E-state index in [-0.39, 0.29) is 11.6 Å². The minimum atomic E-state index is -0.708. The molecule has 0 radical (unpaired) electrons. The average Bonchev–Trinajstić information content (AvgIpc) is 3.04. The van der Waals surface area contributed by atoms with E-state index in [4.69, 9.17) is 9.47 Å². The van der Waals surface area contributed by atoms with Crippen molar-refractivity contribution < 1.29 is 28.2 Å². The van der Waals surface area contributed by atoms with Crippen LogP contribution in [0.15, 0.2) is 103 Å². The zero-order valence-electron chi connectivity index (χ0n) is 24.1. The molecule has 0 bridgehead atoms. The summed E-state index contributed by atoms with van der Waals surface area (Å²) in [5.41, 5.74) is 2.86. The molecule has 0 amide bonds.